The molecule has 0 aliphatic heterocycles. The zero-order valence-corrected chi connectivity index (χ0v) is 23.4. The van der Waals surface area contributed by atoms with E-state index >= 15 is 0 Å². The molecule has 0 aliphatic carbocycles. The Morgan fingerprint density at radius 3 is 2.00 bits per heavy atom. The van der Waals surface area contributed by atoms with Gasteiger partial charge in [-0.05, 0) is 48.4 Å². The summed E-state index contributed by atoms with van der Waals surface area (Å²) in [5, 5.41) is 2.97. The number of sulfonamides is 1. The molecule has 0 spiro atoms. The van der Waals surface area contributed by atoms with E-state index in [1.165, 1.54) is 4.90 Å². The van der Waals surface area contributed by atoms with Crippen molar-refractivity contribution in [2.75, 3.05) is 17.1 Å². The monoisotopic (exact) mass is 515 g/mol. The van der Waals surface area contributed by atoms with Gasteiger partial charge in [0.25, 0.3) is 0 Å². The van der Waals surface area contributed by atoms with Crippen LogP contribution in [-0.2, 0) is 31.6 Å². The van der Waals surface area contributed by atoms with Crippen molar-refractivity contribution in [1.29, 1.82) is 0 Å². The number of amides is 2. The number of carbonyl (C=O) groups excluding carboxylic acids is 2. The van der Waals surface area contributed by atoms with E-state index in [1.807, 2.05) is 63.2 Å². The van der Waals surface area contributed by atoms with Crippen molar-refractivity contribution in [3.63, 3.8) is 0 Å². The van der Waals surface area contributed by atoms with Gasteiger partial charge < -0.3 is 10.2 Å². The van der Waals surface area contributed by atoms with E-state index in [0.29, 0.717) is 12.1 Å². The molecule has 198 valence electrons. The predicted octanol–water partition coefficient (Wildman–Crippen LogP) is 4.47. The molecule has 8 heteroatoms. The van der Waals surface area contributed by atoms with E-state index < -0.39 is 28.5 Å². The first-order valence-corrected chi connectivity index (χ1v) is 14.3. The largest absolute Gasteiger partial charge is 0.352 e. The van der Waals surface area contributed by atoms with Gasteiger partial charge in [-0.2, -0.15) is 0 Å². The fourth-order valence-corrected chi connectivity index (χ4v) is 4.73. The van der Waals surface area contributed by atoms with Gasteiger partial charge in [-0.25, -0.2) is 8.42 Å². The van der Waals surface area contributed by atoms with Gasteiger partial charge in [0.1, 0.15) is 12.6 Å². The molecule has 2 aromatic carbocycles. The molecular formula is C28H41N3O4S. The minimum Gasteiger partial charge on any atom is -0.352 e. The number of nitrogens with one attached hydrogen (secondary N) is 1. The minimum atomic E-state index is -3.76. The average Bonchev–Trinajstić information content (AvgIpc) is 2.81. The molecule has 2 aromatic rings. The third kappa shape index (κ3) is 8.08. The van der Waals surface area contributed by atoms with Gasteiger partial charge in [-0.1, -0.05) is 77.1 Å². The Morgan fingerprint density at radius 2 is 1.53 bits per heavy atom. The Balaban J connectivity index is 2.42. The highest BCUT2D eigenvalue weighted by Crippen LogP contribution is 2.26. The maximum absolute atomic E-state index is 13.7. The molecule has 0 aliphatic rings. The summed E-state index contributed by atoms with van der Waals surface area (Å²) in [5.41, 5.74) is 2.25. The molecule has 7 nitrogen and oxygen atoms in total. The number of nitrogens with zero attached hydrogens (tertiary/aromatic N) is 2. The first-order valence-electron chi connectivity index (χ1n) is 12.5. The second-order valence-electron chi connectivity index (χ2n) is 10.3. The third-order valence-electron chi connectivity index (χ3n) is 6.28. The lowest BCUT2D eigenvalue weighted by Gasteiger charge is -2.33. The SMILES string of the molecule is CC[C@H](C(=O)N[C@@H](C)CC)N(Cc1ccccc1)C(=O)CN(c1ccc(C(C)(C)C)cc1)S(C)(=O)=O. The van der Waals surface area contributed by atoms with Crippen LogP contribution in [0.25, 0.3) is 0 Å². The summed E-state index contributed by atoms with van der Waals surface area (Å²) >= 11 is 0. The molecule has 2 amide bonds. The van der Waals surface area contributed by atoms with Crippen LogP contribution in [0.2, 0.25) is 0 Å². The summed E-state index contributed by atoms with van der Waals surface area (Å²) in [4.78, 5) is 28.3. The maximum atomic E-state index is 13.7. The number of hydrogen-bond acceptors (Lipinski definition) is 4. The molecular weight excluding hydrogens is 474 g/mol. The highest BCUT2D eigenvalue weighted by atomic mass is 32.2. The van der Waals surface area contributed by atoms with E-state index in [4.69, 9.17) is 0 Å². The molecule has 0 fully saturated rings. The second-order valence-corrected chi connectivity index (χ2v) is 12.2. The van der Waals surface area contributed by atoms with Gasteiger partial charge in [-0.15, -0.1) is 0 Å². The third-order valence-corrected chi connectivity index (χ3v) is 7.42. The highest BCUT2D eigenvalue weighted by Gasteiger charge is 2.32. The van der Waals surface area contributed by atoms with E-state index in [2.05, 4.69) is 26.1 Å². The van der Waals surface area contributed by atoms with Crippen molar-refractivity contribution in [1.82, 2.24) is 10.2 Å². The van der Waals surface area contributed by atoms with Crippen LogP contribution in [0, 0.1) is 0 Å². The highest BCUT2D eigenvalue weighted by molar-refractivity contribution is 7.92. The van der Waals surface area contributed by atoms with Crippen LogP contribution in [0.1, 0.15) is 65.5 Å². The van der Waals surface area contributed by atoms with Gasteiger partial charge >= 0.3 is 0 Å². The van der Waals surface area contributed by atoms with E-state index in [1.54, 1.807) is 12.1 Å². The van der Waals surface area contributed by atoms with Crippen LogP contribution in [-0.4, -0.2) is 50.0 Å². The van der Waals surface area contributed by atoms with Crippen LogP contribution in [0.4, 0.5) is 5.69 Å². The van der Waals surface area contributed by atoms with Crippen molar-refractivity contribution in [3.8, 4) is 0 Å². The maximum Gasteiger partial charge on any atom is 0.244 e. The quantitative estimate of drug-likeness (QED) is 0.478. The van der Waals surface area contributed by atoms with Gasteiger partial charge in [0, 0.05) is 12.6 Å². The lowest BCUT2D eigenvalue weighted by atomic mass is 9.87. The van der Waals surface area contributed by atoms with Crippen LogP contribution in [0.5, 0.6) is 0 Å². The molecule has 2 atom stereocenters. The smallest absolute Gasteiger partial charge is 0.244 e. The predicted molar refractivity (Wildman–Crippen MR) is 146 cm³/mol. The molecule has 0 heterocycles. The molecule has 2 rings (SSSR count). The number of hydrogen-bond donors (Lipinski definition) is 1. The van der Waals surface area contributed by atoms with Crippen molar-refractivity contribution >= 4 is 27.5 Å². The normalized spacial score (nSPS) is 13.5. The number of benzene rings is 2. The summed E-state index contributed by atoms with van der Waals surface area (Å²) < 4.78 is 26.6. The van der Waals surface area contributed by atoms with Gasteiger partial charge in [0.05, 0.1) is 11.9 Å². The summed E-state index contributed by atoms with van der Waals surface area (Å²) in [7, 11) is -3.76. The van der Waals surface area contributed by atoms with Crippen LogP contribution in [0.15, 0.2) is 54.6 Å². The zero-order chi connectivity index (χ0) is 27.1. The lowest BCUT2D eigenvalue weighted by molar-refractivity contribution is -0.140. The molecule has 0 radical (unpaired) electrons. The zero-order valence-electron chi connectivity index (χ0n) is 22.6. The van der Waals surface area contributed by atoms with Crippen LogP contribution >= 0.6 is 0 Å². The summed E-state index contributed by atoms with van der Waals surface area (Å²) in [6.07, 6.45) is 2.26. The summed E-state index contributed by atoms with van der Waals surface area (Å²) in [6.45, 7) is 11.8. The standard InChI is InChI=1S/C28H41N3O4S/c1-8-21(3)29-27(33)25(9-2)30(19-22-13-11-10-12-14-22)26(32)20-31(36(7,34)35)24-17-15-23(16-18-24)28(4,5)6/h10-18,21,25H,8-9,19-20H2,1-7H3,(H,29,33)/t21-,25+/m0/s1. The van der Waals surface area contributed by atoms with E-state index in [-0.39, 0.29) is 23.9 Å². The van der Waals surface area contributed by atoms with Crippen molar-refractivity contribution in [3.05, 3.63) is 65.7 Å². The van der Waals surface area contributed by atoms with Crippen molar-refractivity contribution in [2.24, 2.45) is 0 Å². The molecule has 0 saturated heterocycles. The average molecular weight is 516 g/mol. The number of rotatable bonds is 11. The van der Waals surface area contributed by atoms with E-state index in [0.717, 1.165) is 28.1 Å². The number of carbonyl (C=O) groups is 2. The first-order chi connectivity index (χ1) is 16.8. The van der Waals surface area contributed by atoms with Gasteiger partial charge in [0.2, 0.25) is 21.8 Å². The van der Waals surface area contributed by atoms with Crippen molar-refractivity contribution < 1.29 is 18.0 Å². The molecule has 1 N–H and O–H groups in total. The Labute approximate surface area is 216 Å². The molecule has 0 bridgehead atoms. The van der Waals surface area contributed by atoms with Gasteiger partial charge in [-0.3, -0.25) is 13.9 Å². The van der Waals surface area contributed by atoms with Crippen LogP contribution < -0.4 is 9.62 Å². The molecule has 0 unspecified atom stereocenters. The van der Waals surface area contributed by atoms with Crippen LogP contribution in [0.3, 0.4) is 0 Å². The molecule has 0 aromatic heterocycles. The minimum absolute atomic E-state index is 0.0333. The van der Waals surface area contributed by atoms with E-state index in [9.17, 15) is 18.0 Å². The first kappa shape index (κ1) is 29.4. The van der Waals surface area contributed by atoms with Crippen molar-refractivity contribution in [2.45, 2.75) is 78.4 Å². The summed E-state index contributed by atoms with van der Waals surface area (Å²) in [6, 6.07) is 15.9. The Hall–Kier alpha value is -2.87. The molecule has 36 heavy (non-hydrogen) atoms. The number of anilines is 1. The topological polar surface area (TPSA) is 86.8 Å². The Kier molecular flexibility index (Phi) is 10.1. The fourth-order valence-electron chi connectivity index (χ4n) is 3.88. The Bertz CT molecular complexity index is 1110. The fraction of sp³-hybridized carbons (Fsp3) is 0.500. The summed E-state index contributed by atoms with van der Waals surface area (Å²) in [5.74, 6) is -0.674. The molecule has 0 saturated carbocycles. The second kappa shape index (κ2) is 12.4. The lowest BCUT2D eigenvalue weighted by Crippen LogP contribution is -2.53. The Morgan fingerprint density at radius 1 is 0.944 bits per heavy atom. The van der Waals surface area contributed by atoms with Gasteiger partial charge in [0.15, 0.2) is 0 Å².